The van der Waals surface area contributed by atoms with Crippen molar-refractivity contribution in [3.05, 3.63) is 47.3 Å². The van der Waals surface area contributed by atoms with Crippen molar-refractivity contribution in [3.8, 4) is 0 Å². The number of rotatable bonds is 4. The lowest BCUT2D eigenvalue weighted by atomic mass is 10.0. The first-order valence-electron chi connectivity index (χ1n) is 7.94. The molecule has 0 aliphatic carbocycles. The van der Waals surface area contributed by atoms with Gasteiger partial charge in [-0.2, -0.15) is 4.31 Å². The Hall–Kier alpha value is -1.66. The van der Waals surface area contributed by atoms with E-state index in [0.29, 0.717) is 23.1 Å². The van der Waals surface area contributed by atoms with Crippen LogP contribution in [0.1, 0.15) is 55.7 Å². The summed E-state index contributed by atoms with van der Waals surface area (Å²) in [6, 6.07) is 8.74. The van der Waals surface area contributed by atoms with Crippen molar-refractivity contribution in [2.75, 3.05) is 6.54 Å². The second kappa shape index (κ2) is 6.09. The lowest BCUT2D eigenvalue weighted by Gasteiger charge is -2.22. The molecule has 3 rings (SSSR count). The summed E-state index contributed by atoms with van der Waals surface area (Å²) in [6.07, 6.45) is 1.59. The lowest BCUT2D eigenvalue weighted by Crippen LogP contribution is -2.30. The topological polar surface area (TPSA) is 63.4 Å². The highest BCUT2D eigenvalue weighted by atomic mass is 32.2. The molecule has 1 fully saturated rings. The second-order valence-electron chi connectivity index (χ2n) is 6.37. The highest BCUT2D eigenvalue weighted by Crippen LogP contribution is 2.36. The van der Waals surface area contributed by atoms with Crippen LogP contribution in [-0.4, -0.2) is 24.4 Å². The first-order chi connectivity index (χ1) is 10.9. The standard InChI is InChI=1S/C17H22N2O3S/c1-12(2)14-6-8-15(9-7-14)23(20,21)19-10-4-5-16(19)17-11-13(3)18-22-17/h6-9,11-12,16H,4-5,10H2,1-3H3/t16-/m1/s1. The van der Waals surface area contributed by atoms with E-state index in [4.69, 9.17) is 4.52 Å². The maximum absolute atomic E-state index is 13.0. The van der Waals surface area contributed by atoms with Gasteiger partial charge in [0.15, 0.2) is 5.76 Å². The summed E-state index contributed by atoms with van der Waals surface area (Å²) in [4.78, 5) is 0.338. The van der Waals surface area contributed by atoms with E-state index in [2.05, 4.69) is 19.0 Å². The van der Waals surface area contributed by atoms with E-state index in [9.17, 15) is 8.42 Å². The van der Waals surface area contributed by atoms with Crippen LogP contribution in [0.4, 0.5) is 0 Å². The van der Waals surface area contributed by atoms with Gasteiger partial charge in [-0.1, -0.05) is 31.1 Å². The minimum Gasteiger partial charge on any atom is -0.359 e. The van der Waals surface area contributed by atoms with Gasteiger partial charge in [0.25, 0.3) is 0 Å². The van der Waals surface area contributed by atoms with Crippen LogP contribution in [0.3, 0.4) is 0 Å². The summed E-state index contributed by atoms with van der Waals surface area (Å²) < 4.78 is 32.8. The summed E-state index contributed by atoms with van der Waals surface area (Å²) in [5.41, 5.74) is 1.90. The summed E-state index contributed by atoms with van der Waals surface area (Å²) in [5, 5.41) is 3.88. The van der Waals surface area contributed by atoms with Crippen molar-refractivity contribution in [1.29, 1.82) is 0 Å². The Bertz CT molecular complexity index is 778. The predicted octanol–water partition coefficient (Wildman–Crippen LogP) is 3.63. The molecule has 1 aromatic carbocycles. The van der Waals surface area contributed by atoms with Gasteiger partial charge in [0, 0.05) is 12.6 Å². The van der Waals surface area contributed by atoms with Crippen molar-refractivity contribution < 1.29 is 12.9 Å². The van der Waals surface area contributed by atoms with Crippen LogP contribution in [-0.2, 0) is 10.0 Å². The number of sulfonamides is 1. The normalized spacial score (nSPS) is 19.6. The van der Waals surface area contributed by atoms with Gasteiger partial charge in [0.1, 0.15) is 0 Å². The number of nitrogens with zero attached hydrogens (tertiary/aromatic N) is 2. The van der Waals surface area contributed by atoms with E-state index in [1.807, 2.05) is 25.1 Å². The van der Waals surface area contributed by atoms with Crippen molar-refractivity contribution in [2.45, 2.75) is 50.5 Å². The average Bonchev–Trinajstić information content (AvgIpc) is 3.16. The van der Waals surface area contributed by atoms with Crippen LogP contribution in [0.25, 0.3) is 0 Å². The van der Waals surface area contributed by atoms with Crippen LogP contribution in [0, 0.1) is 6.92 Å². The molecule has 1 aliphatic heterocycles. The predicted molar refractivity (Wildman–Crippen MR) is 87.6 cm³/mol. The number of aromatic nitrogens is 1. The molecule has 0 radical (unpaired) electrons. The molecule has 0 amide bonds. The maximum Gasteiger partial charge on any atom is 0.243 e. The molecular weight excluding hydrogens is 312 g/mol. The van der Waals surface area contributed by atoms with E-state index in [0.717, 1.165) is 24.1 Å². The summed E-state index contributed by atoms with van der Waals surface area (Å²) >= 11 is 0. The zero-order chi connectivity index (χ0) is 16.6. The molecule has 1 atom stereocenters. The first-order valence-corrected chi connectivity index (χ1v) is 9.38. The monoisotopic (exact) mass is 334 g/mol. The van der Waals surface area contributed by atoms with Crippen LogP contribution in [0.2, 0.25) is 0 Å². The van der Waals surface area contributed by atoms with Gasteiger partial charge < -0.3 is 4.52 Å². The number of benzene rings is 1. The third-order valence-corrected chi connectivity index (χ3v) is 6.25. The largest absolute Gasteiger partial charge is 0.359 e. The highest BCUT2D eigenvalue weighted by Gasteiger charge is 2.38. The molecule has 0 spiro atoms. The Morgan fingerprint density at radius 2 is 1.96 bits per heavy atom. The maximum atomic E-state index is 13.0. The summed E-state index contributed by atoms with van der Waals surface area (Å²) in [6.45, 7) is 6.53. The van der Waals surface area contributed by atoms with Crippen molar-refractivity contribution in [2.24, 2.45) is 0 Å². The Balaban J connectivity index is 1.91. The van der Waals surface area contributed by atoms with Crippen LogP contribution >= 0.6 is 0 Å². The molecule has 0 saturated carbocycles. The smallest absolute Gasteiger partial charge is 0.243 e. The fourth-order valence-corrected chi connectivity index (χ4v) is 4.68. The Morgan fingerprint density at radius 3 is 2.52 bits per heavy atom. The van der Waals surface area contributed by atoms with Crippen molar-refractivity contribution in [1.82, 2.24) is 9.46 Å². The minimum atomic E-state index is -3.52. The van der Waals surface area contributed by atoms with E-state index < -0.39 is 10.0 Å². The highest BCUT2D eigenvalue weighted by molar-refractivity contribution is 7.89. The fraction of sp³-hybridized carbons (Fsp3) is 0.471. The van der Waals surface area contributed by atoms with Crippen LogP contribution in [0.5, 0.6) is 0 Å². The SMILES string of the molecule is Cc1cc([C@H]2CCCN2S(=O)(=O)c2ccc(C(C)C)cc2)on1. The molecule has 0 N–H and O–H groups in total. The van der Waals surface area contributed by atoms with Crippen molar-refractivity contribution >= 4 is 10.0 Å². The van der Waals surface area contributed by atoms with E-state index in [-0.39, 0.29) is 6.04 Å². The Morgan fingerprint density at radius 1 is 1.26 bits per heavy atom. The number of aryl methyl sites for hydroxylation is 1. The van der Waals surface area contributed by atoms with Crippen molar-refractivity contribution in [3.63, 3.8) is 0 Å². The molecule has 2 aromatic rings. The molecule has 5 nitrogen and oxygen atoms in total. The molecule has 2 heterocycles. The average molecular weight is 334 g/mol. The molecule has 1 aliphatic rings. The molecule has 0 bridgehead atoms. The number of hydrogen-bond acceptors (Lipinski definition) is 4. The van der Waals surface area contributed by atoms with Gasteiger partial charge in [-0.3, -0.25) is 0 Å². The van der Waals surface area contributed by atoms with E-state index >= 15 is 0 Å². The summed E-state index contributed by atoms with van der Waals surface area (Å²) in [7, 11) is -3.52. The molecule has 6 heteroatoms. The van der Waals surface area contributed by atoms with Crippen LogP contribution < -0.4 is 0 Å². The minimum absolute atomic E-state index is 0.258. The second-order valence-corrected chi connectivity index (χ2v) is 8.26. The first kappa shape index (κ1) is 16.2. The Labute approximate surface area is 137 Å². The molecule has 1 aromatic heterocycles. The lowest BCUT2D eigenvalue weighted by molar-refractivity contribution is 0.297. The van der Waals surface area contributed by atoms with Crippen LogP contribution in [0.15, 0.2) is 39.8 Å². The molecular formula is C17H22N2O3S. The van der Waals surface area contributed by atoms with Gasteiger partial charge in [0.2, 0.25) is 10.0 Å². The van der Waals surface area contributed by atoms with Gasteiger partial charge in [0.05, 0.1) is 16.6 Å². The zero-order valence-electron chi connectivity index (χ0n) is 13.7. The van der Waals surface area contributed by atoms with Gasteiger partial charge in [-0.05, 0) is 43.4 Å². The Kier molecular flexibility index (Phi) is 4.29. The quantitative estimate of drug-likeness (QED) is 0.856. The van der Waals surface area contributed by atoms with E-state index in [1.165, 1.54) is 4.31 Å². The third kappa shape index (κ3) is 3.05. The molecule has 23 heavy (non-hydrogen) atoms. The molecule has 1 saturated heterocycles. The molecule has 124 valence electrons. The van der Waals surface area contributed by atoms with E-state index in [1.54, 1.807) is 12.1 Å². The van der Waals surface area contributed by atoms with Gasteiger partial charge in [-0.15, -0.1) is 0 Å². The molecule has 0 unspecified atom stereocenters. The number of hydrogen-bond donors (Lipinski definition) is 0. The summed E-state index contributed by atoms with van der Waals surface area (Å²) in [5.74, 6) is 1.01. The zero-order valence-corrected chi connectivity index (χ0v) is 14.5. The van der Waals surface area contributed by atoms with Gasteiger partial charge >= 0.3 is 0 Å². The fourth-order valence-electron chi connectivity index (χ4n) is 3.01. The third-order valence-electron chi connectivity index (χ3n) is 4.33. The van der Waals surface area contributed by atoms with Gasteiger partial charge in [-0.25, -0.2) is 8.42 Å².